The van der Waals surface area contributed by atoms with Gasteiger partial charge in [-0.2, -0.15) is 0 Å². The second kappa shape index (κ2) is 6.44. The van der Waals surface area contributed by atoms with Crippen LogP contribution in [0, 0.1) is 17.6 Å². The second-order valence-corrected chi connectivity index (χ2v) is 5.55. The van der Waals surface area contributed by atoms with Crippen LogP contribution in [0.3, 0.4) is 0 Å². The van der Waals surface area contributed by atoms with Crippen molar-refractivity contribution in [2.45, 2.75) is 39.2 Å². The summed E-state index contributed by atoms with van der Waals surface area (Å²) in [5.41, 5.74) is 0.239. The van der Waals surface area contributed by atoms with Crippen molar-refractivity contribution >= 4 is 5.78 Å². The van der Waals surface area contributed by atoms with Gasteiger partial charge in [-0.1, -0.05) is 13.3 Å². The molecule has 4 heteroatoms. The second-order valence-electron chi connectivity index (χ2n) is 5.55. The molecule has 0 N–H and O–H groups in total. The molecule has 1 unspecified atom stereocenters. The molecule has 20 heavy (non-hydrogen) atoms. The monoisotopic (exact) mass is 281 g/mol. The van der Waals surface area contributed by atoms with Crippen LogP contribution in [-0.2, 0) is 0 Å². The molecule has 0 spiro atoms. The molecule has 0 bridgehead atoms. The van der Waals surface area contributed by atoms with Crippen LogP contribution in [0.2, 0.25) is 0 Å². The van der Waals surface area contributed by atoms with E-state index in [0.29, 0.717) is 5.92 Å². The number of benzene rings is 1. The van der Waals surface area contributed by atoms with Gasteiger partial charge >= 0.3 is 0 Å². The topological polar surface area (TPSA) is 20.3 Å². The van der Waals surface area contributed by atoms with E-state index in [2.05, 4.69) is 4.90 Å². The van der Waals surface area contributed by atoms with Gasteiger partial charge in [0.1, 0.15) is 0 Å². The fourth-order valence-electron chi connectivity index (χ4n) is 2.62. The molecule has 1 aliphatic rings. The van der Waals surface area contributed by atoms with E-state index in [0.717, 1.165) is 25.2 Å². The lowest BCUT2D eigenvalue weighted by Crippen LogP contribution is -2.43. The fourth-order valence-corrected chi connectivity index (χ4v) is 2.62. The fraction of sp³-hybridized carbons (Fsp3) is 0.562. The average molecular weight is 281 g/mol. The predicted molar refractivity (Wildman–Crippen MR) is 74.7 cm³/mol. The maximum atomic E-state index is 13.2. The number of hydrogen-bond acceptors (Lipinski definition) is 2. The number of carbonyl (C=O) groups is 1. The Labute approximate surface area is 118 Å². The third kappa shape index (κ3) is 3.23. The number of Topliss-reactive ketones (excluding diaryl/α,β-unsaturated/α-hetero) is 1. The number of halogens is 2. The zero-order chi connectivity index (χ0) is 14.7. The Hall–Kier alpha value is -1.29. The highest BCUT2D eigenvalue weighted by Crippen LogP contribution is 2.28. The van der Waals surface area contributed by atoms with E-state index >= 15 is 0 Å². The standard InChI is InChI=1S/C16H21F2NO/c1-3-19(10-12-5-4-6-12)11(2)16(20)13-7-8-14(17)15(18)9-13/h7-9,11-12H,3-6,10H2,1-2H3. The van der Waals surface area contributed by atoms with E-state index in [1.165, 1.54) is 25.3 Å². The molecule has 1 atom stereocenters. The number of nitrogens with zero attached hydrogens (tertiary/aromatic N) is 1. The third-order valence-electron chi connectivity index (χ3n) is 4.25. The van der Waals surface area contributed by atoms with Crippen molar-refractivity contribution in [3.8, 4) is 0 Å². The highest BCUT2D eigenvalue weighted by atomic mass is 19.2. The number of ketones is 1. The minimum absolute atomic E-state index is 0.148. The van der Waals surface area contributed by atoms with Crippen LogP contribution in [0.25, 0.3) is 0 Å². The predicted octanol–water partition coefficient (Wildman–Crippen LogP) is 3.66. The number of hydrogen-bond donors (Lipinski definition) is 0. The normalized spacial score (nSPS) is 17.1. The van der Waals surface area contributed by atoms with Crippen molar-refractivity contribution < 1.29 is 13.6 Å². The van der Waals surface area contributed by atoms with Gasteiger partial charge in [0.2, 0.25) is 0 Å². The Bertz CT molecular complexity index is 485. The number of rotatable bonds is 6. The van der Waals surface area contributed by atoms with Crippen LogP contribution in [0.4, 0.5) is 8.78 Å². The van der Waals surface area contributed by atoms with Crippen molar-refractivity contribution in [3.05, 3.63) is 35.4 Å². The first kappa shape index (κ1) is 15.1. The summed E-state index contributed by atoms with van der Waals surface area (Å²) in [6, 6.07) is 3.06. The SMILES string of the molecule is CCN(CC1CCC1)C(C)C(=O)c1ccc(F)c(F)c1. The van der Waals surface area contributed by atoms with Crippen molar-refractivity contribution in [2.75, 3.05) is 13.1 Å². The average Bonchev–Trinajstić information content (AvgIpc) is 2.39. The van der Waals surface area contributed by atoms with Gasteiger partial charge in [-0.3, -0.25) is 9.69 Å². The van der Waals surface area contributed by atoms with Crippen molar-refractivity contribution in [1.29, 1.82) is 0 Å². The van der Waals surface area contributed by atoms with Gasteiger partial charge in [-0.15, -0.1) is 0 Å². The molecule has 2 rings (SSSR count). The Morgan fingerprint density at radius 3 is 2.55 bits per heavy atom. The van der Waals surface area contributed by atoms with Crippen LogP contribution < -0.4 is 0 Å². The first-order valence-corrected chi connectivity index (χ1v) is 7.26. The molecule has 1 aromatic carbocycles. The van der Waals surface area contributed by atoms with Crippen LogP contribution >= 0.6 is 0 Å². The van der Waals surface area contributed by atoms with Gasteiger partial charge in [0.05, 0.1) is 6.04 Å². The maximum absolute atomic E-state index is 13.2. The van der Waals surface area contributed by atoms with E-state index in [1.54, 1.807) is 0 Å². The molecule has 1 aliphatic carbocycles. The summed E-state index contributed by atoms with van der Waals surface area (Å²) in [4.78, 5) is 14.5. The first-order valence-electron chi connectivity index (χ1n) is 7.26. The highest BCUT2D eigenvalue weighted by molar-refractivity contribution is 5.99. The number of likely N-dealkylation sites (N-methyl/N-ethyl adjacent to an activating group) is 1. The lowest BCUT2D eigenvalue weighted by Gasteiger charge is -2.34. The van der Waals surface area contributed by atoms with Gasteiger partial charge < -0.3 is 0 Å². The molecule has 1 fully saturated rings. The third-order valence-corrected chi connectivity index (χ3v) is 4.25. The highest BCUT2D eigenvalue weighted by Gasteiger charge is 2.26. The minimum atomic E-state index is -0.968. The molecular formula is C16H21F2NO. The summed E-state index contributed by atoms with van der Waals surface area (Å²) in [6.45, 7) is 5.56. The quantitative estimate of drug-likeness (QED) is 0.742. The molecule has 0 aliphatic heterocycles. The molecule has 0 aromatic heterocycles. The van der Waals surface area contributed by atoms with E-state index in [-0.39, 0.29) is 17.4 Å². The lowest BCUT2D eigenvalue weighted by molar-refractivity contribution is 0.0789. The van der Waals surface area contributed by atoms with E-state index in [1.807, 2.05) is 13.8 Å². The van der Waals surface area contributed by atoms with Crippen LogP contribution in [-0.4, -0.2) is 29.8 Å². The zero-order valence-electron chi connectivity index (χ0n) is 12.0. The van der Waals surface area contributed by atoms with Gasteiger partial charge in [0.25, 0.3) is 0 Å². The van der Waals surface area contributed by atoms with Gasteiger partial charge in [-0.05, 0) is 50.4 Å². The zero-order valence-corrected chi connectivity index (χ0v) is 12.0. The first-order chi connectivity index (χ1) is 9.52. The van der Waals surface area contributed by atoms with E-state index < -0.39 is 11.6 Å². The van der Waals surface area contributed by atoms with Gasteiger partial charge in [-0.25, -0.2) is 8.78 Å². The maximum Gasteiger partial charge on any atom is 0.179 e. The smallest absolute Gasteiger partial charge is 0.179 e. The summed E-state index contributed by atoms with van der Waals surface area (Å²) < 4.78 is 26.1. The molecular weight excluding hydrogens is 260 g/mol. The molecule has 0 radical (unpaired) electrons. The summed E-state index contributed by atoms with van der Waals surface area (Å²) >= 11 is 0. The molecule has 110 valence electrons. The van der Waals surface area contributed by atoms with Crippen LogP contribution in [0.1, 0.15) is 43.5 Å². The Kier molecular flexibility index (Phi) is 4.86. The van der Waals surface area contributed by atoms with E-state index in [4.69, 9.17) is 0 Å². The van der Waals surface area contributed by atoms with Crippen molar-refractivity contribution in [2.24, 2.45) is 5.92 Å². The van der Waals surface area contributed by atoms with Gasteiger partial charge in [0.15, 0.2) is 17.4 Å². The molecule has 0 saturated heterocycles. The molecule has 2 nitrogen and oxygen atoms in total. The van der Waals surface area contributed by atoms with Crippen LogP contribution in [0.15, 0.2) is 18.2 Å². The summed E-state index contributed by atoms with van der Waals surface area (Å²) in [7, 11) is 0. The van der Waals surface area contributed by atoms with Crippen LogP contribution in [0.5, 0.6) is 0 Å². The molecule has 1 saturated carbocycles. The largest absolute Gasteiger partial charge is 0.294 e. The van der Waals surface area contributed by atoms with Crippen molar-refractivity contribution in [1.82, 2.24) is 4.90 Å². The van der Waals surface area contributed by atoms with E-state index in [9.17, 15) is 13.6 Å². The van der Waals surface area contributed by atoms with Crippen molar-refractivity contribution in [3.63, 3.8) is 0 Å². The Morgan fingerprint density at radius 2 is 2.05 bits per heavy atom. The molecule has 0 heterocycles. The lowest BCUT2D eigenvalue weighted by atomic mass is 9.84. The minimum Gasteiger partial charge on any atom is -0.294 e. The summed E-state index contributed by atoms with van der Waals surface area (Å²) in [5.74, 6) is -1.36. The summed E-state index contributed by atoms with van der Waals surface area (Å²) in [5, 5.41) is 0. The Morgan fingerprint density at radius 1 is 1.35 bits per heavy atom. The van der Waals surface area contributed by atoms with Gasteiger partial charge in [0, 0.05) is 12.1 Å². The number of carbonyl (C=O) groups excluding carboxylic acids is 1. The molecule has 1 aromatic rings. The Balaban J connectivity index is 2.06. The molecule has 0 amide bonds. The summed E-state index contributed by atoms with van der Waals surface area (Å²) in [6.07, 6.45) is 3.72.